The van der Waals surface area contributed by atoms with E-state index in [2.05, 4.69) is 20.7 Å². The highest BCUT2D eigenvalue weighted by molar-refractivity contribution is 9.11. The summed E-state index contributed by atoms with van der Waals surface area (Å²) < 4.78 is 26.6. The smallest absolute Gasteiger partial charge is 0.345 e. The van der Waals surface area contributed by atoms with Gasteiger partial charge in [-0.15, -0.1) is 11.3 Å². The Kier molecular flexibility index (Phi) is 5.77. The second-order valence-electron chi connectivity index (χ2n) is 3.66. The van der Waals surface area contributed by atoms with Crippen LogP contribution >= 0.6 is 27.3 Å². The number of carboxylic acid groups (broad SMARTS) is 1. The normalized spacial score (nSPS) is 11.7. The number of carbonyl (C=O) groups is 1. The van der Waals surface area contributed by atoms with Gasteiger partial charge in [0.1, 0.15) is 9.77 Å². The molecule has 0 amide bonds. The molecule has 1 rings (SSSR count). The lowest BCUT2D eigenvalue weighted by molar-refractivity contribution is 0.0702. The first-order valence-electron chi connectivity index (χ1n) is 5.40. The van der Waals surface area contributed by atoms with Gasteiger partial charge in [0, 0.05) is 6.54 Å². The van der Waals surface area contributed by atoms with Crippen molar-refractivity contribution in [2.75, 3.05) is 6.54 Å². The SMILES string of the molecule is CCCCCNS(=O)(=O)c1cc(C(=O)O)sc1Br. The van der Waals surface area contributed by atoms with Crippen molar-refractivity contribution < 1.29 is 18.3 Å². The zero-order chi connectivity index (χ0) is 13.8. The summed E-state index contributed by atoms with van der Waals surface area (Å²) in [6.45, 7) is 2.39. The second-order valence-corrected chi connectivity index (χ2v) is 7.76. The van der Waals surface area contributed by atoms with Gasteiger partial charge in [0.05, 0.1) is 3.79 Å². The lowest BCUT2D eigenvalue weighted by Crippen LogP contribution is -2.24. The van der Waals surface area contributed by atoms with Crippen LogP contribution in [-0.4, -0.2) is 26.0 Å². The number of hydrogen-bond acceptors (Lipinski definition) is 4. The Balaban J connectivity index is 2.81. The molecule has 8 heteroatoms. The molecule has 0 bridgehead atoms. The van der Waals surface area contributed by atoms with Crippen molar-refractivity contribution in [2.45, 2.75) is 31.1 Å². The van der Waals surface area contributed by atoms with Gasteiger partial charge in [0.15, 0.2) is 0 Å². The van der Waals surface area contributed by atoms with Crippen LogP contribution in [0.5, 0.6) is 0 Å². The average Bonchev–Trinajstić information content (AvgIpc) is 2.68. The lowest BCUT2D eigenvalue weighted by Gasteiger charge is -2.04. The van der Waals surface area contributed by atoms with Gasteiger partial charge in [-0.2, -0.15) is 0 Å². The molecule has 0 aliphatic heterocycles. The molecule has 0 aliphatic carbocycles. The van der Waals surface area contributed by atoms with Crippen molar-refractivity contribution in [1.29, 1.82) is 0 Å². The second kappa shape index (κ2) is 6.65. The van der Waals surface area contributed by atoms with Crippen LogP contribution in [0.1, 0.15) is 35.9 Å². The zero-order valence-corrected chi connectivity index (χ0v) is 13.0. The lowest BCUT2D eigenvalue weighted by atomic mass is 10.3. The van der Waals surface area contributed by atoms with Crippen LogP contribution in [0.15, 0.2) is 14.7 Å². The van der Waals surface area contributed by atoms with Crippen LogP contribution in [0.3, 0.4) is 0 Å². The standard InChI is InChI=1S/C10H14BrNO4S2/c1-2-3-4-5-12-18(15,16)8-6-7(10(13)14)17-9(8)11/h6,12H,2-5H2,1H3,(H,13,14). The molecular formula is C10H14BrNO4S2. The average molecular weight is 356 g/mol. The highest BCUT2D eigenvalue weighted by atomic mass is 79.9. The molecule has 2 N–H and O–H groups in total. The quantitative estimate of drug-likeness (QED) is 0.736. The number of hydrogen-bond donors (Lipinski definition) is 2. The molecule has 102 valence electrons. The third-order valence-corrected chi connectivity index (χ3v) is 5.93. The van der Waals surface area contributed by atoms with Crippen LogP contribution in [0.2, 0.25) is 0 Å². The predicted octanol–water partition coefficient (Wildman–Crippen LogP) is 2.68. The van der Waals surface area contributed by atoms with Crippen LogP contribution in [-0.2, 0) is 10.0 Å². The van der Waals surface area contributed by atoms with Gasteiger partial charge >= 0.3 is 5.97 Å². The topological polar surface area (TPSA) is 83.5 Å². The number of aromatic carboxylic acids is 1. The van der Waals surface area contributed by atoms with E-state index in [4.69, 9.17) is 5.11 Å². The monoisotopic (exact) mass is 355 g/mol. The Morgan fingerprint density at radius 1 is 1.50 bits per heavy atom. The van der Waals surface area contributed by atoms with Crippen molar-refractivity contribution in [1.82, 2.24) is 4.72 Å². The van der Waals surface area contributed by atoms with E-state index in [1.54, 1.807) is 0 Å². The largest absolute Gasteiger partial charge is 0.477 e. The minimum Gasteiger partial charge on any atom is -0.477 e. The number of nitrogens with one attached hydrogen (secondary N) is 1. The Morgan fingerprint density at radius 3 is 2.67 bits per heavy atom. The highest BCUT2D eigenvalue weighted by Crippen LogP contribution is 2.31. The fraction of sp³-hybridized carbons (Fsp3) is 0.500. The molecule has 5 nitrogen and oxygen atoms in total. The summed E-state index contributed by atoms with van der Waals surface area (Å²) >= 11 is 3.97. The molecule has 0 aromatic carbocycles. The molecule has 18 heavy (non-hydrogen) atoms. The summed E-state index contributed by atoms with van der Waals surface area (Å²) in [4.78, 5) is 10.8. The predicted molar refractivity (Wildman–Crippen MR) is 73.7 cm³/mol. The fourth-order valence-corrected chi connectivity index (χ4v) is 4.78. The summed E-state index contributed by atoms with van der Waals surface area (Å²) in [5, 5.41) is 8.81. The molecule has 0 atom stereocenters. The first kappa shape index (κ1) is 15.6. The maximum absolute atomic E-state index is 11.9. The Bertz CT molecular complexity index is 524. The molecule has 1 heterocycles. The third kappa shape index (κ3) is 4.04. The van der Waals surface area contributed by atoms with Gasteiger partial charge in [0.25, 0.3) is 0 Å². The summed E-state index contributed by atoms with van der Waals surface area (Å²) in [7, 11) is -3.63. The molecule has 0 fully saturated rings. The molecule has 1 aromatic heterocycles. The van der Waals surface area contributed by atoms with Crippen LogP contribution in [0.25, 0.3) is 0 Å². The summed E-state index contributed by atoms with van der Waals surface area (Å²) in [6, 6.07) is 1.17. The van der Waals surface area contributed by atoms with Gasteiger partial charge < -0.3 is 5.11 Å². The summed E-state index contributed by atoms with van der Waals surface area (Å²) in [6.07, 6.45) is 2.73. The molecule has 0 saturated heterocycles. The first-order chi connectivity index (χ1) is 8.38. The van der Waals surface area contributed by atoms with Crippen molar-refractivity contribution in [2.24, 2.45) is 0 Å². The number of sulfonamides is 1. The number of carboxylic acids is 1. The van der Waals surface area contributed by atoms with Crippen LogP contribution in [0, 0.1) is 0 Å². The highest BCUT2D eigenvalue weighted by Gasteiger charge is 2.22. The van der Waals surface area contributed by atoms with Gasteiger partial charge in [0.2, 0.25) is 10.0 Å². The number of thiophene rings is 1. The van der Waals surface area contributed by atoms with Gasteiger partial charge in [-0.3, -0.25) is 0 Å². The van der Waals surface area contributed by atoms with E-state index < -0.39 is 16.0 Å². The van der Waals surface area contributed by atoms with E-state index in [-0.39, 0.29) is 9.77 Å². The molecular weight excluding hydrogens is 342 g/mol. The van der Waals surface area contributed by atoms with Crippen molar-refractivity contribution in [3.8, 4) is 0 Å². The van der Waals surface area contributed by atoms with Crippen LogP contribution in [0.4, 0.5) is 0 Å². The van der Waals surface area contributed by atoms with Crippen LogP contribution < -0.4 is 4.72 Å². The Morgan fingerprint density at radius 2 is 2.17 bits per heavy atom. The molecule has 0 unspecified atom stereocenters. The minimum atomic E-state index is -3.63. The molecule has 0 radical (unpaired) electrons. The maximum Gasteiger partial charge on any atom is 0.345 e. The van der Waals surface area contributed by atoms with Crippen molar-refractivity contribution >= 4 is 43.3 Å². The first-order valence-corrected chi connectivity index (χ1v) is 8.50. The van der Waals surface area contributed by atoms with Crippen molar-refractivity contribution in [3.05, 3.63) is 14.7 Å². The van der Waals surface area contributed by atoms with E-state index in [1.165, 1.54) is 6.07 Å². The molecule has 1 aromatic rings. The van der Waals surface area contributed by atoms with E-state index in [0.29, 0.717) is 10.3 Å². The summed E-state index contributed by atoms with van der Waals surface area (Å²) in [5.41, 5.74) is 0. The van der Waals surface area contributed by atoms with Gasteiger partial charge in [-0.05, 0) is 28.4 Å². The van der Waals surface area contributed by atoms with E-state index in [0.717, 1.165) is 30.6 Å². The van der Waals surface area contributed by atoms with Crippen molar-refractivity contribution in [3.63, 3.8) is 0 Å². The summed E-state index contributed by atoms with van der Waals surface area (Å²) in [5.74, 6) is -1.13. The molecule has 0 spiro atoms. The maximum atomic E-state index is 11.9. The Hall–Kier alpha value is -0.440. The van der Waals surface area contributed by atoms with E-state index >= 15 is 0 Å². The zero-order valence-electron chi connectivity index (χ0n) is 9.77. The van der Waals surface area contributed by atoms with Gasteiger partial charge in [-0.25, -0.2) is 17.9 Å². The Labute approximate surface area is 118 Å². The molecule has 0 aliphatic rings. The molecule has 0 saturated carbocycles. The minimum absolute atomic E-state index is 0.00388. The van der Waals surface area contributed by atoms with E-state index in [1.807, 2.05) is 6.92 Å². The third-order valence-electron chi connectivity index (χ3n) is 2.23. The van der Waals surface area contributed by atoms with Gasteiger partial charge in [-0.1, -0.05) is 19.8 Å². The number of rotatable bonds is 7. The fourth-order valence-electron chi connectivity index (χ4n) is 1.30. The number of unbranched alkanes of at least 4 members (excludes halogenated alkanes) is 2. The number of halogens is 1. The van der Waals surface area contributed by atoms with E-state index in [9.17, 15) is 13.2 Å².